The average molecular weight is 387 g/mol. The minimum absolute atomic E-state index is 0.309. The van der Waals surface area contributed by atoms with Crippen molar-refractivity contribution < 1.29 is 4.74 Å². The summed E-state index contributed by atoms with van der Waals surface area (Å²) in [5, 5.41) is 1.18. The van der Waals surface area contributed by atoms with Crippen LogP contribution in [0.4, 0.5) is 0 Å². The van der Waals surface area contributed by atoms with E-state index in [9.17, 15) is 0 Å². The molecule has 5 atom stereocenters. The summed E-state index contributed by atoms with van der Waals surface area (Å²) in [4.78, 5) is 7.46. The minimum atomic E-state index is 0.309. The zero-order valence-electron chi connectivity index (χ0n) is 14.0. The summed E-state index contributed by atoms with van der Waals surface area (Å²) in [6.07, 6.45) is 6.61. The normalized spacial score (nSPS) is 30.2. The second kappa shape index (κ2) is 6.49. The number of nitrogens with zero attached hydrogens (tertiary/aromatic N) is 2. The quantitative estimate of drug-likeness (QED) is 0.568. The Bertz CT molecular complexity index is 762. The van der Waals surface area contributed by atoms with Crippen LogP contribution in [-0.2, 0) is 0 Å². The Morgan fingerprint density at radius 3 is 3.00 bits per heavy atom. The molecule has 0 spiro atoms. The molecule has 5 rings (SSSR count). The van der Waals surface area contributed by atoms with E-state index < -0.39 is 0 Å². The number of ether oxygens (including phenoxy) is 1. The van der Waals surface area contributed by atoms with Gasteiger partial charge in [-0.1, -0.05) is 22.0 Å². The van der Waals surface area contributed by atoms with Gasteiger partial charge in [-0.25, -0.2) is 0 Å². The first-order valence-corrected chi connectivity index (χ1v) is 9.56. The first-order valence-electron chi connectivity index (χ1n) is 8.64. The fraction of sp³-hybridized carbons (Fsp3) is 0.450. The van der Waals surface area contributed by atoms with Crippen molar-refractivity contribution in [3.05, 3.63) is 48.7 Å². The number of methoxy groups -OCH3 is 1. The number of hydrogen-bond acceptors (Lipinski definition) is 3. The summed E-state index contributed by atoms with van der Waals surface area (Å²) in [6, 6.07) is 8.81. The molecule has 0 N–H and O–H groups in total. The Kier molecular flexibility index (Phi) is 4.35. The monoisotopic (exact) mass is 386 g/mol. The maximum Gasteiger partial charge on any atom is 0.119 e. The number of piperidine rings is 3. The highest BCUT2D eigenvalue weighted by Crippen LogP contribution is 2.45. The van der Waals surface area contributed by atoms with Gasteiger partial charge in [0.2, 0.25) is 0 Å². The highest BCUT2D eigenvalue weighted by Gasteiger charge is 2.42. The number of rotatable bonds is 4. The largest absolute Gasteiger partial charge is 0.497 e. The lowest BCUT2D eigenvalue weighted by atomic mass is 9.74. The lowest BCUT2D eigenvalue weighted by Gasteiger charge is -2.50. The SMILES string of the molecule is C=C[C@H]1CN2CC[C@H]1C[C@H]2[C@@H](Br)c1ccnc2ccc(OC)cc12. The molecule has 3 saturated heterocycles. The van der Waals surface area contributed by atoms with Gasteiger partial charge in [-0.2, -0.15) is 0 Å². The van der Waals surface area contributed by atoms with Gasteiger partial charge in [0, 0.05) is 24.2 Å². The predicted octanol–water partition coefficient (Wildman–Crippen LogP) is 4.58. The molecule has 1 aromatic carbocycles. The van der Waals surface area contributed by atoms with Crippen molar-refractivity contribution in [3.63, 3.8) is 0 Å². The van der Waals surface area contributed by atoms with Gasteiger partial charge in [-0.15, -0.1) is 6.58 Å². The van der Waals surface area contributed by atoms with Crippen molar-refractivity contribution in [2.75, 3.05) is 20.2 Å². The van der Waals surface area contributed by atoms with Crippen LogP contribution in [0, 0.1) is 11.8 Å². The van der Waals surface area contributed by atoms with Crippen molar-refractivity contribution in [3.8, 4) is 5.75 Å². The molecule has 3 aliphatic heterocycles. The van der Waals surface area contributed by atoms with Crippen LogP contribution in [0.2, 0.25) is 0 Å². The van der Waals surface area contributed by atoms with Crippen molar-refractivity contribution in [1.29, 1.82) is 0 Å². The summed E-state index contributed by atoms with van der Waals surface area (Å²) in [7, 11) is 1.71. The molecule has 0 saturated carbocycles. The molecule has 4 heteroatoms. The molecule has 4 heterocycles. The van der Waals surface area contributed by atoms with Crippen molar-refractivity contribution in [2.45, 2.75) is 23.7 Å². The Morgan fingerprint density at radius 2 is 2.29 bits per heavy atom. The van der Waals surface area contributed by atoms with Gasteiger partial charge in [0.25, 0.3) is 0 Å². The Hall–Kier alpha value is -1.39. The van der Waals surface area contributed by atoms with Crippen LogP contribution in [0.3, 0.4) is 0 Å². The van der Waals surface area contributed by atoms with E-state index in [-0.39, 0.29) is 0 Å². The standard InChI is InChI=1S/C20H23BrN2O/c1-3-13-12-23-9-7-14(13)10-19(23)20(21)16-6-8-22-18-5-4-15(24-2)11-17(16)18/h3-6,8,11,13-14,19-20H,1,7,9-10,12H2,2H3/t13-,14-,19-,20-/m0/s1. The molecule has 0 amide bonds. The lowest BCUT2D eigenvalue weighted by Crippen LogP contribution is -2.54. The smallest absolute Gasteiger partial charge is 0.119 e. The molecule has 3 fully saturated rings. The van der Waals surface area contributed by atoms with E-state index in [0.717, 1.165) is 23.7 Å². The van der Waals surface area contributed by atoms with Crippen LogP contribution in [0.15, 0.2) is 43.1 Å². The predicted molar refractivity (Wildman–Crippen MR) is 102 cm³/mol. The number of hydrogen-bond donors (Lipinski definition) is 0. The van der Waals surface area contributed by atoms with Crippen LogP contribution in [0.25, 0.3) is 10.9 Å². The second-order valence-electron chi connectivity index (χ2n) is 6.93. The maximum atomic E-state index is 5.42. The molecule has 2 aromatic rings. The van der Waals surface area contributed by atoms with E-state index in [1.807, 2.05) is 18.3 Å². The van der Waals surface area contributed by atoms with Gasteiger partial charge in [0.05, 0.1) is 17.5 Å². The Balaban J connectivity index is 1.69. The third-order valence-corrected chi connectivity index (χ3v) is 6.87. The molecule has 126 valence electrons. The molecule has 1 unspecified atom stereocenters. The van der Waals surface area contributed by atoms with Gasteiger partial charge >= 0.3 is 0 Å². The highest BCUT2D eigenvalue weighted by atomic mass is 79.9. The lowest BCUT2D eigenvalue weighted by molar-refractivity contribution is 0.0191. The molecular formula is C20H23BrN2O. The number of aromatic nitrogens is 1. The summed E-state index contributed by atoms with van der Waals surface area (Å²) >= 11 is 4.02. The highest BCUT2D eigenvalue weighted by molar-refractivity contribution is 9.09. The van der Waals surface area contributed by atoms with Crippen LogP contribution in [0.1, 0.15) is 23.2 Å². The van der Waals surface area contributed by atoms with E-state index in [4.69, 9.17) is 4.74 Å². The van der Waals surface area contributed by atoms with Gasteiger partial charge in [-0.3, -0.25) is 9.88 Å². The van der Waals surface area contributed by atoms with E-state index in [1.165, 1.54) is 30.3 Å². The zero-order valence-corrected chi connectivity index (χ0v) is 15.6. The Labute approximate surface area is 151 Å². The third-order valence-electron chi connectivity index (χ3n) is 5.77. The van der Waals surface area contributed by atoms with Gasteiger partial charge in [0.1, 0.15) is 5.75 Å². The zero-order chi connectivity index (χ0) is 16.7. The molecule has 1 aromatic heterocycles. The summed E-state index contributed by atoms with van der Waals surface area (Å²) < 4.78 is 5.42. The molecular weight excluding hydrogens is 364 g/mol. The molecule has 0 aliphatic carbocycles. The topological polar surface area (TPSA) is 25.4 Å². The number of halogens is 1. The number of benzene rings is 1. The van der Waals surface area contributed by atoms with E-state index in [2.05, 4.69) is 50.6 Å². The van der Waals surface area contributed by atoms with Crippen LogP contribution >= 0.6 is 15.9 Å². The van der Waals surface area contributed by atoms with Gasteiger partial charge < -0.3 is 4.74 Å². The third kappa shape index (κ3) is 2.66. The van der Waals surface area contributed by atoms with Crippen LogP contribution in [0.5, 0.6) is 5.75 Å². The molecule has 2 bridgehead atoms. The molecule has 3 nitrogen and oxygen atoms in total. The number of fused-ring (bicyclic) bond motifs is 4. The van der Waals surface area contributed by atoms with Crippen molar-refractivity contribution >= 4 is 26.8 Å². The number of pyridine rings is 1. The minimum Gasteiger partial charge on any atom is -0.497 e. The second-order valence-corrected chi connectivity index (χ2v) is 7.92. The maximum absolute atomic E-state index is 5.42. The first kappa shape index (κ1) is 16.1. The van der Waals surface area contributed by atoms with Gasteiger partial charge in [0.15, 0.2) is 0 Å². The van der Waals surface area contributed by atoms with Crippen LogP contribution in [-0.4, -0.2) is 36.1 Å². The molecule has 0 radical (unpaired) electrons. The van der Waals surface area contributed by atoms with E-state index in [0.29, 0.717) is 16.8 Å². The summed E-state index contributed by atoms with van der Waals surface area (Å²) in [5.74, 6) is 2.32. The summed E-state index contributed by atoms with van der Waals surface area (Å²) in [5.41, 5.74) is 2.34. The van der Waals surface area contributed by atoms with E-state index >= 15 is 0 Å². The van der Waals surface area contributed by atoms with E-state index in [1.54, 1.807) is 7.11 Å². The Morgan fingerprint density at radius 1 is 1.42 bits per heavy atom. The van der Waals surface area contributed by atoms with Crippen LogP contribution < -0.4 is 4.74 Å². The first-order chi connectivity index (χ1) is 11.7. The summed E-state index contributed by atoms with van der Waals surface area (Å²) in [6.45, 7) is 6.38. The fourth-order valence-electron chi connectivity index (χ4n) is 4.40. The van der Waals surface area contributed by atoms with Crippen molar-refractivity contribution in [2.24, 2.45) is 11.8 Å². The molecule has 3 aliphatic rings. The average Bonchev–Trinajstić information content (AvgIpc) is 2.66. The van der Waals surface area contributed by atoms with Gasteiger partial charge in [-0.05, 0) is 61.1 Å². The van der Waals surface area contributed by atoms with Crippen molar-refractivity contribution in [1.82, 2.24) is 9.88 Å². The molecule has 24 heavy (non-hydrogen) atoms. The fourth-order valence-corrected chi connectivity index (χ4v) is 5.35. The number of alkyl halides is 1.